The molecule has 17 heavy (non-hydrogen) atoms. The summed E-state index contributed by atoms with van der Waals surface area (Å²) in [6.45, 7) is 5.43. The molecule has 92 valence electrons. The average Bonchev–Trinajstić information content (AvgIpc) is 3.09. The number of hydrogen-bond donors (Lipinski definition) is 0. The molecule has 0 radical (unpaired) electrons. The van der Waals surface area contributed by atoms with Crippen LogP contribution in [0.25, 0.3) is 0 Å². The predicted octanol–water partition coefficient (Wildman–Crippen LogP) is 2.92. The highest BCUT2D eigenvalue weighted by molar-refractivity contribution is 6.33. The molecule has 1 amide bonds. The van der Waals surface area contributed by atoms with Crippen molar-refractivity contribution in [2.24, 2.45) is 5.92 Å². The van der Waals surface area contributed by atoms with Gasteiger partial charge in [-0.3, -0.25) is 9.78 Å². The van der Waals surface area contributed by atoms with Crippen LogP contribution < -0.4 is 0 Å². The van der Waals surface area contributed by atoms with E-state index in [2.05, 4.69) is 4.98 Å². The molecule has 0 unspecified atom stereocenters. The topological polar surface area (TPSA) is 33.2 Å². The molecule has 0 aliphatic heterocycles. The minimum Gasteiger partial charge on any atom is -0.339 e. The predicted molar refractivity (Wildman–Crippen MR) is 68.3 cm³/mol. The highest BCUT2D eigenvalue weighted by Crippen LogP contribution is 2.30. The van der Waals surface area contributed by atoms with Crippen LogP contribution in [-0.2, 0) is 0 Å². The quantitative estimate of drug-likeness (QED) is 0.826. The largest absolute Gasteiger partial charge is 0.339 e. The second-order valence-electron chi connectivity index (χ2n) is 4.59. The number of pyridine rings is 1. The highest BCUT2D eigenvalue weighted by Gasteiger charge is 2.27. The van der Waals surface area contributed by atoms with E-state index < -0.39 is 0 Å². The Bertz CT molecular complexity index is 429. The van der Waals surface area contributed by atoms with Gasteiger partial charge in [0.05, 0.1) is 10.6 Å². The van der Waals surface area contributed by atoms with Crippen molar-refractivity contribution in [3.05, 3.63) is 28.5 Å². The zero-order valence-corrected chi connectivity index (χ0v) is 11.0. The summed E-state index contributed by atoms with van der Waals surface area (Å²) in [5.41, 5.74) is 1.34. The van der Waals surface area contributed by atoms with E-state index in [1.807, 2.05) is 18.7 Å². The van der Waals surface area contributed by atoms with Crippen LogP contribution in [0.2, 0.25) is 5.02 Å². The fraction of sp³-hybridized carbons (Fsp3) is 0.538. The van der Waals surface area contributed by atoms with Gasteiger partial charge in [0, 0.05) is 25.0 Å². The average molecular weight is 253 g/mol. The van der Waals surface area contributed by atoms with Crippen molar-refractivity contribution in [2.45, 2.75) is 26.7 Å². The van der Waals surface area contributed by atoms with E-state index in [0.717, 1.165) is 18.8 Å². The Balaban J connectivity index is 2.15. The Morgan fingerprint density at radius 1 is 1.59 bits per heavy atom. The number of hydrogen-bond acceptors (Lipinski definition) is 2. The number of aromatic nitrogens is 1. The fourth-order valence-electron chi connectivity index (χ4n) is 1.82. The third kappa shape index (κ3) is 2.97. The van der Waals surface area contributed by atoms with Crippen molar-refractivity contribution >= 4 is 17.5 Å². The van der Waals surface area contributed by atoms with E-state index in [1.165, 1.54) is 12.8 Å². The Labute approximate surface area is 107 Å². The van der Waals surface area contributed by atoms with Crippen LogP contribution in [0.1, 0.15) is 35.8 Å². The first-order valence-electron chi connectivity index (χ1n) is 6.03. The second kappa shape index (κ2) is 5.05. The number of aryl methyl sites for hydroxylation is 1. The Hall–Kier alpha value is -1.09. The summed E-state index contributed by atoms with van der Waals surface area (Å²) < 4.78 is 0. The maximum atomic E-state index is 12.3. The van der Waals surface area contributed by atoms with E-state index >= 15 is 0 Å². The van der Waals surface area contributed by atoms with Crippen molar-refractivity contribution in [3.8, 4) is 0 Å². The third-order valence-corrected chi connectivity index (χ3v) is 3.38. The molecule has 0 spiro atoms. The minimum atomic E-state index is -0.00287. The zero-order chi connectivity index (χ0) is 12.4. The van der Waals surface area contributed by atoms with Gasteiger partial charge in [-0.25, -0.2) is 0 Å². The summed E-state index contributed by atoms with van der Waals surface area (Å²) in [6.07, 6.45) is 4.06. The molecule has 0 N–H and O–H groups in total. The third-order valence-electron chi connectivity index (χ3n) is 3.07. The van der Waals surface area contributed by atoms with Crippen LogP contribution in [0.3, 0.4) is 0 Å². The van der Waals surface area contributed by atoms with E-state index in [9.17, 15) is 4.79 Å². The minimum absolute atomic E-state index is 0.00287. The van der Waals surface area contributed by atoms with Crippen molar-refractivity contribution < 1.29 is 4.79 Å². The maximum Gasteiger partial charge on any atom is 0.256 e. The molecule has 1 aliphatic rings. The molecular weight excluding hydrogens is 236 g/mol. The number of carbonyl (C=O) groups excluding carboxylic acids is 1. The standard InChI is InChI=1S/C13H17ClN2O/c1-3-16(8-10-4-5-10)13(17)11-7-15-9(2)6-12(11)14/h6-7,10H,3-5,8H2,1-2H3. The Kier molecular flexibility index (Phi) is 3.67. The van der Waals surface area contributed by atoms with Crippen molar-refractivity contribution in [2.75, 3.05) is 13.1 Å². The molecule has 1 aromatic rings. The molecule has 1 heterocycles. The van der Waals surface area contributed by atoms with Crippen LogP contribution >= 0.6 is 11.6 Å². The molecular formula is C13H17ClN2O. The maximum absolute atomic E-state index is 12.3. The van der Waals surface area contributed by atoms with E-state index in [1.54, 1.807) is 12.3 Å². The van der Waals surface area contributed by atoms with Crippen molar-refractivity contribution in [1.82, 2.24) is 9.88 Å². The van der Waals surface area contributed by atoms with Gasteiger partial charge in [-0.1, -0.05) is 11.6 Å². The van der Waals surface area contributed by atoms with E-state index in [0.29, 0.717) is 16.5 Å². The van der Waals surface area contributed by atoms with Gasteiger partial charge >= 0.3 is 0 Å². The molecule has 0 atom stereocenters. The fourth-order valence-corrected chi connectivity index (χ4v) is 2.11. The number of amides is 1. The summed E-state index contributed by atoms with van der Waals surface area (Å²) in [5, 5.41) is 0.497. The van der Waals surface area contributed by atoms with Gasteiger partial charge in [0.15, 0.2) is 0 Å². The van der Waals surface area contributed by atoms with Gasteiger partial charge in [0.1, 0.15) is 0 Å². The van der Waals surface area contributed by atoms with Crippen LogP contribution in [-0.4, -0.2) is 28.9 Å². The molecule has 1 aliphatic carbocycles. The van der Waals surface area contributed by atoms with Gasteiger partial charge in [-0.2, -0.15) is 0 Å². The summed E-state index contributed by atoms with van der Waals surface area (Å²) in [7, 11) is 0. The lowest BCUT2D eigenvalue weighted by atomic mass is 10.2. The number of rotatable bonds is 4. The van der Waals surface area contributed by atoms with Crippen LogP contribution in [0, 0.1) is 12.8 Å². The van der Waals surface area contributed by atoms with Crippen molar-refractivity contribution in [3.63, 3.8) is 0 Å². The molecule has 0 bridgehead atoms. The monoisotopic (exact) mass is 252 g/mol. The van der Waals surface area contributed by atoms with E-state index in [-0.39, 0.29) is 5.91 Å². The van der Waals surface area contributed by atoms with Gasteiger partial charge < -0.3 is 4.90 Å². The Morgan fingerprint density at radius 2 is 2.29 bits per heavy atom. The first-order valence-corrected chi connectivity index (χ1v) is 6.41. The zero-order valence-electron chi connectivity index (χ0n) is 10.2. The molecule has 3 nitrogen and oxygen atoms in total. The number of halogens is 1. The molecule has 1 saturated carbocycles. The van der Waals surface area contributed by atoms with Gasteiger partial charge in [0.2, 0.25) is 0 Å². The SMILES string of the molecule is CCN(CC1CC1)C(=O)c1cnc(C)cc1Cl. The molecule has 0 aromatic carbocycles. The Morgan fingerprint density at radius 3 is 2.82 bits per heavy atom. The summed E-state index contributed by atoms with van der Waals surface area (Å²) in [6, 6.07) is 1.74. The first-order chi connectivity index (χ1) is 8.11. The lowest BCUT2D eigenvalue weighted by Gasteiger charge is -2.21. The van der Waals surface area contributed by atoms with Crippen LogP contribution in [0.15, 0.2) is 12.3 Å². The van der Waals surface area contributed by atoms with Crippen molar-refractivity contribution in [1.29, 1.82) is 0 Å². The van der Waals surface area contributed by atoms with Gasteiger partial charge in [-0.15, -0.1) is 0 Å². The highest BCUT2D eigenvalue weighted by atomic mass is 35.5. The molecule has 4 heteroatoms. The van der Waals surface area contributed by atoms with Gasteiger partial charge in [0.25, 0.3) is 5.91 Å². The van der Waals surface area contributed by atoms with Gasteiger partial charge in [-0.05, 0) is 38.7 Å². The lowest BCUT2D eigenvalue weighted by molar-refractivity contribution is 0.0756. The first kappa shape index (κ1) is 12.4. The normalized spacial score (nSPS) is 14.8. The summed E-state index contributed by atoms with van der Waals surface area (Å²) in [5.74, 6) is 0.688. The molecule has 1 aromatic heterocycles. The molecule has 2 rings (SSSR count). The number of carbonyl (C=O) groups is 1. The molecule has 0 saturated heterocycles. The smallest absolute Gasteiger partial charge is 0.256 e. The van der Waals surface area contributed by atoms with E-state index in [4.69, 9.17) is 11.6 Å². The van der Waals surface area contributed by atoms with Crippen LogP contribution in [0.5, 0.6) is 0 Å². The van der Waals surface area contributed by atoms with Crippen LogP contribution in [0.4, 0.5) is 0 Å². The number of nitrogens with zero attached hydrogens (tertiary/aromatic N) is 2. The molecule has 1 fully saturated rings. The summed E-state index contributed by atoms with van der Waals surface area (Å²) in [4.78, 5) is 18.3. The lowest BCUT2D eigenvalue weighted by Crippen LogP contribution is -2.33. The second-order valence-corrected chi connectivity index (χ2v) is 5.00. The summed E-state index contributed by atoms with van der Waals surface area (Å²) >= 11 is 6.09.